The molecule has 0 aromatic heterocycles. The second kappa shape index (κ2) is 8.86. The third-order valence-corrected chi connectivity index (χ3v) is 7.45. The number of rotatable bonds is 9. The smallest absolute Gasteiger partial charge is 0.303 e. The molecule has 1 aromatic carbocycles. The molecule has 1 aliphatic carbocycles. The van der Waals surface area contributed by atoms with E-state index in [0.29, 0.717) is 12.0 Å². The largest absolute Gasteiger partial charge is 0.497 e. The van der Waals surface area contributed by atoms with Gasteiger partial charge in [0.2, 0.25) is 0 Å². The number of aryl methyl sites for hydroxylation is 1. The molecule has 3 atom stereocenters. The van der Waals surface area contributed by atoms with E-state index < -0.39 is 5.97 Å². The Morgan fingerprint density at radius 1 is 1.32 bits per heavy atom. The lowest BCUT2D eigenvalue weighted by Crippen LogP contribution is -2.54. The zero-order chi connectivity index (χ0) is 20.3. The summed E-state index contributed by atoms with van der Waals surface area (Å²) in [4.78, 5) is 13.9. The lowest BCUT2D eigenvalue weighted by atomic mass is 9.60. The standard InChI is InChI=1S/C24H37NO3/c1-5-20-10-11-21(28-4)15-22(20)24(12-6-7-23(26)27)13-14-25(16-19-8-9-19)18(3)17(24)2/h10-11,15,17-19H,5-9,12-14,16H2,1-4H3,(H,26,27)/t17-,18?,24-/m0/s1. The van der Waals surface area contributed by atoms with Gasteiger partial charge in [0.05, 0.1) is 7.11 Å². The number of methoxy groups -OCH3 is 1. The number of hydrogen-bond donors (Lipinski definition) is 1. The molecule has 0 amide bonds. The molecule has 1 N–H and O–H groups in total. The Labute approximate surface area is 170 Å². The molecule has 1 unspecified atom stereocenters. The Hall–Kier alpha value is -1.55. The van der Waals surface area contributed by atoms with Crippen molar-refractivity contribution in [3.8, 4) is 5.75 Å². The quantitative estimate of drug-likeness (QED) is 0.655. The maximum absolute atomic E-state index is 11.2. The lowest BCUT2D eigenvalue weighted by molar-refractivity contribution is -0.137. The van der Waals surface area contributed by atoms with Crippen LogP contribution in [-0.2, 0) is 16.6 Å². The van der Waals surface area contributed by atoms with Gasteiger partial charge in [0.25, 0.3) is 0 Å². The first kappa shape index (κ1) is 21.2. The van der Waals surface area contributed by atoms with Crippen molar-refractivity contribution in [3.63, 3.8) is 0 Å². The van der Waals surface area contributed by atoms with E-state index in [1.165, 1.54) is 30.5 Å². The van der Waals surface area contributed by atoms with Gasteiger partial charge in [-0.2, -0.15) is 0 Å². The van der Waals surface area contributed by atoms with Crippen molar-refractivity contribution in [2.24, 2.45) is 11.8 Å². The summed E-state index contributed by atoms with van der Waals surface area (Å²) in [5.74, 6) is 1.59. The van der Waals surface area contributed by atoms with E-state index in [-0.39, 0.29) is 11.8 Å². The van der Waals surface area contributed by atoms with E-state index in [9.17, 15) is 9.90 Å². The van der Waals surface area contributed by atoms with Crippen molar-refractivity contribution in [1.82, 2.24) is 4.90 Å². The number of carboxylic acids is 1. The van der Waals surface area contributed by atoms with Crippen molar-refractivity contribution in [2.75, 3.05) is 20.2 Å². The maximum Gasteiger partial charge on any atom is 0.303 e. The van der Waals surface area contributed by atoms with Crippen molar-refractivity contribution in [2.45, 2.75) is 77.2 Å². The Bertz CT molecular complexity index is 684. The molecule has 1 aliphatic heterocycles. The highest BCUT2D eigenvalue weighted by Gasteiger charge is 2.46. The summed E-state index contributed by atoms with van der Waals surface area (Å²) in [6.45, 7) is 9.32. The van der Waals surface area contributed by atoms with E-state index >= 15 is 0 Å². The lowest BCUT2D eigenvalue weighted by Gasteiger charge is -2.52. The molecule has 1 heterocycles. The van der Waals surface area contributed by atoms with Gasteiger partial charge in [-0.3, -0.25) is 4.79 Å². The van der Waals surface area contributed by atoms with Gasteiger partial charge in [-0.1, -0.05) is 19.9 Å². The van der Waals surface area contributed by atoms with Crippen LogP contribution in [0.2, 0.25) is 0 Å². The molecule has 156 valence electrons. The summed E-state index contributed by atoms with van der Waals surface area (Å²) in [5.41, 5.74) is 2.80. The Balaban J connectivity index is 1.95. The van der Waals surface area contributed by atoms with E-state index in [1.807, 2.05) is 0 Å². The van der Waals surface area contributed by atoms with E-state index in [2.05, 4.69) is 43.9 Å². The zero-order valence-electron chi connectivity index (χ0n) is 18.0. The first-order valence-corrected chi connectivity index (χ1v) is 11.0. The number of carboxylic acid groups (broad SMARTS) is 1. The van der Waals surface area contributed by atoms with Gasteiger partial charge in [0.1, 0.15) is 5.75 Å². The average molecular weight is 388 g/mol. The van der Waals surface area contributed by atoms with Crippen molar-refractivity contribution >= 4 is 5.97 Å². The molecule has 4 nitrogen and oxygen atoms in total. The van der Waals surface area contributed by atoms with Crippen LogP contribution in [0.15, 0.2) is 18.2 Å². The normalized spacial score (nSPS) is 28.3. The van der Waals surface area contributed by atoms with Gasteiger partial charge in [0, 0.05) is 24.4 Å². The summed E-state index contributed by atoms with van der Waals surface area (Å²) in [5, 5.41) is 9.22. The second-order valence-electron chi connectivity index (χ2n) is 9.00. The number of benzene rings is 1. The second-order valence-corrected chi connectivity index (χ2v) is 9.00. The average Bonchev–Trinajstić information content (AvgIpc) is 3.51. The van der Waals surface area contributed by atoms with Crippen LogP contribution in [0.1, 0.15) is 70.4 Å². The predicted molar refractivity (Wildman–Crippen MR) is 113 cm³/mol. The summed E-state index contributed by atoms with van der Waals surface area (Å²) >= 11 is 0. The third kappa shape index (κ3) is 4.37. The molecule has 2 fully saturated rings. The molecule has 4 heteroatoms. The summed E-state index contributed by atoms with van der Waals surface area (Å²) in [7, 11) is 1.73. The van der Waals surface area contributed by atoms with E-state index in [0.717, 1.165) is 43.9 Å². The highest BCUT2D eigenvalue weighted by atomic mass is 16.5. The van der Waals surface area contributed by atoms with Crippen molar-refractivity contribution in [1.29, 1.82) is 0 Å². The van der Waals surface area contributed by atoms with E-state index in [4.69, 9.17) is 4.74 Å². The summed E-state index contributed by atoms with van der Waals surface area (Å²) < 4.78 is 5.57. The van der Waals surface area contributed by atoms with Gasteiger partial charge in [-0.15, -0.1) is 0 Å². The minimum atomic E-state index is -0.691. The Morgan fingerprint density at radius 3 is 2.68 bits per heavy atom. The number of piperidine rings is 1. The minimum absolute atomic E-state index is 0.0226. The van der Waals surface area contributed by atoms with Crippen LogP contribution in [0.25, 0.3) is 0 Å². The highest BCUT2D eigenvalue weighted by Crippen LogP contribution is 2.49. The van der Waals surface area contributed by atoms with Crippen molar-refractivity contribution in [3.05, 3.63) is 29.3 Å². The molecule has 1 saturated carbocycles. The first-order chi connectivity index (χ1) is 13.4. The molecule has 0 bridgehead atoms. The van der Waals surface area contributed by atoms with Gasteiger partial charge in [-0.05, 0) is 87.1 Å². The molecule has 2 aliphatic rings. The van der Waals surface area contributed by atoms with Crippen LogP contribution in [0.4, 0.5) is 0 Å². The zero-order valence-corrected chi connectivity index (χ0v) is 18.0. The SMILES string of the molecule is CCc1ccc(OC)cc1[C@@]1(CCCC(=O)O)CCN(CC2CC2)C(C)[C@@H]1C. The van der Waals surface area contributed by atoms with Crippen LogP contribution in [0.3, 0.4) is 0 Å². The summed E-state index contributed by atoms with van der Waals surface area (Å²) in [6, 6.07) is 7.01. The van der Waals surface area contributed by atoms with Crippen LogP contribution < -0.4 is 4.74 Å². The number of nitrogens with zero attached hydrogens (tertiary/aromatic N) is 1. The number of likely N-dealkylation sites (tertiary alicyclic amines) is 1. The first-order valence-electron chi connectivity index (χ1n) is 11.0. The number of carbonyl (C=O) groups is 1. The van der Waals surface area contributed by atoms with Crippen LogP contribution in [0.5, 0.6) is 5.75 Å². The molecule has 1 saturated heterocycles. The Kier molecular flexibility index (Phi) is 6.69. The van der Waals surface area contributed by atoms with Crippen LogP contribution in [-0.4, -0.2) is 42.2 Å². The molecule has 0 radical (unpaired) electrons. The molecule has 3 rings (SSSR count). The van der Waals surface area contributed by atoms with E-state index in [1.54, 1.807) is 7.11 Å². The maximum atomic E-state index is 11.2. The van der Waals surface area contributed by atoms with Gasteiger partial charge in [0.15, 0.2) is 0 Å². The number of ether oxygens (including phenoxy) is 1. The highest BCUT2D eigenvalue weighted by molar-refractivity contribution is 5.66. The number of hydrogen-bond acceptors (Lipinski definition) is 3. The predicted octanol–water partition coefficient (Wildman–Crippen LogP) is 4.89. The van der Waals surface area contributed by atoms with Crippen LogP contribution in [0, 0.1) is 11.8 Å². The molecule has 0 spiro atoms. The minimum Gasteiger partial charge on any atom is -0.497 e. The topological polar surface area (TPSA) is 49.8 Å². The van der Waals surface area contributed by atoms with Crippen molar-refractivity contribution < 1.29 is 14.6 Å². The molecule has 1 aromatic rings. The fraction of sp³-hybridized carbons (Fsp3) is 0.708. The third-order valence-electron chi connectivity index (χ3n) is 7.45. The molecule has 28 heavy (non-hydrogen) atoms. The van der Waals surface area contributed by atoms with Gasteiger partial charge < -0.3 is 14.7 Å². The Morgan fingerprint density at radius 2 is 2.07 bits per heavy atom. The number of aliphatic carboxylic acids is 1. The fourth-order valence-electron chi connectivity index (χ4n) is 5.32. The molecular formula is C24H37NO3. The monoisotopic (exact) mass is 387 g/mol. The van der Waals surface area contributed by atoms with Crippen LogP contribution >= 0.6 is 0 Å². The molecular weight excluding hydrogens is 350 g/mol. The van der Waals surface area contributed by atoms with Gasteiger partial charge in [-0.25, -0.2) is 0 Å². The summed E-state index contributed by atoms with van der Waals surface area (Å²) in [6.07, 6.45) is 6.78. The fourth-order valence-corrected chi connectivity index (χ4v) is 5.32. The van der Waals surface area contributed by atoms with Gasteiger partial charge >= 0.3 is 5.97 Å².